The van der Waals surface area contributed by atoms with Crippen LogP contribution in [0, 0.1) is 0 Å². The standard InChI is InChI=1S/C12H13NO3/c1-3-16-12-6-8-9(7-11(12)15-2)13-5-4-10(8)14/h4-7H,3H2,1-2H3,(H,13,14). The molecule has 0 aliphatic carbocycles. The van der Waals surface area contributed by atoms with Gasteiger partial charge in [-0.25, -0.2) is 0 Å². The number of H-pyrrole nitrogens is 1. The van der Waals surface area contributed by atoms with Crippen molar-refractivity contribution in [3.8, 4) is 11.5 Å². The molecule has 0 amide bonds. The van der Waals surface area contributed by atoms with Gasteiger partial charge in [0.15, 0.2) is 16.9 Å². The van der Waals surface area contributed by atoms with E-state index in [-0.39, 0.29) is 5.43 Å². The fraction of sp³-hybridized carbons (Fsp3) is 0.250. The third-order valence-electron chi connectivity index (χ3n) is 2.34. The molecule has 0 unspecified atom stereocenters. The lowest BCUT2D eigenvalue weighted by Crippen LogP contribution is -2.02. The van der Waals surface area contributed by atoms with E-state index in [1.54, 1.807) is 25.4 Å². The number of nitrogens with one attached hydrogen (secondary N) is 1. The van der Waals surface area contributed by atoms with E-state index in [1.807, 2.05) is 6.92 Å². The first-order valence-corrected chi connectivity index (χ1v) is 5.08. The van der Waals surface area contributed by atoms with Gasteiger partial charge >= 0.3 is 0 Å². The van der Waals surface area contributed by atoms with Crippen LogP contribution in [-0.2, 0) is 0 Å². The van der Waals surface area contributed by atoms with Gasteiger partial charge in [-0.05, 0) is 13.0 Å². The molecule has 1 N–H and O–H groups in total. The van der Waals surface area contributed by atoms with E-state index in [0.717, 1.165) is 5.52 Å². The zero-order valence-electron chi connectivity index (χ0n) is 9.24. The predicted molar refractivity (Wildman–Crippen MR) is 62.3 cm³/mol. The van der Waals surface area contributed by atoms with Gasteiger partial charge in [-0.15, -0.1) is 0 Å². The maximum atomic E-state index is 11.6. The minimum absolute atomic E-state index is 0.0302. The molecule has 0 spiro atoms. The lowest BCUT2D eigenvalue weighted by Gasteiger charge is -2.10. The van der Waals surface area contributed by atoms with Crippen molar-refractivity contribution in [2.75, 3.05) is 13.7 Å². The fourth-order valence-electron chi connectivity index (χ4n) is 1.61. The van der Waals surface area contributed by atoms with Crippen LogP contribution in [0.15, 0.2) is 29.2 Å². The highest BCUT2D eigenvalue weighted by atomic mass is 16.5. The molecule has 0 saturated heterocycles. The summed E-state index contributed by atoms with van der Waals surface area (Å²) in [6.07, 6.45) is 1.62. The summed E-state index contributed by atoms with van der Waals surface area (Å²) < 4.78 is 10.6. The first kappa shape index (κ1) is 10.5. The number of hydrogen-bond donors (Lipinski definition) is 1. The van der Waals surface area contributed by atoms with Crippen molar-refractivity contribution >= 4 is 10.9 Å². The van der Waals surface area contributed by atoms with Gasteiger partial charge in [0.2, 0.25) is 0 Å². The van der Waals surface area contributed by atoms with Crippen LogP contribution in [0.5, 0.6) is 11.5 Å². The molecule has 0 bridgehead atoms. The highest BCUT2D eigenvalue weighted by molar-refractivity contribution is 5.82. The Hall–Kier alpha value is -1.97. The highest BCUT2D eigenvalue weighted by Crippen LogP contribution is 2.30. The summed E-state index contributed by atoms with van der Waals surface area (Å²) in [5, 5.41) is 0.603. The second kappa shape index (κ2) is 4.26. The highest BCUT2D eigenvalue weighted by Gasteiger charge is 2.08. The van der Waals surface area contributed by atoms with Crippen molar-refractivity contribution in [1.82, 2.24) is 4.98 Å². The molecule has 0 aliphatic rings. The van der Waals surface area contributed by atoms with Crippen molar-refractivity contribution in [3.05, 3.63) is 34.6 Å². The fourth-order valence-corrected chi connectivity index (χ4v) is 1.61. The second-order valence-corrected chi connectivity index (χ2v) is 3.32. The van der Waals surface area contributed by atoms with Gasteiger partial charge < -0.3 is 14.5 Å². The summed E-state index contributed by atoms with van der Waals surface area (Å²) >= 11 is 0. The van der Waals surface area contributed by atoms with Crippen LogP contribution in [0.2, 0.25) is 0 Å². The Morgan fingerprint density at radius 1 is 1.31 bits per heavy atom. The second-order valence-electron chi connectivity index (χ2n) is 3.32. The summed E-state index contributed by atoms with van der Waals surface area (Å²) in [4.78, 5) is 14.6. The number of ether oxygens (including phenoxy) is 2. The minimum Gasteiger partial charge on any atom is -0.493 e. The Morgan fingerprint density at radius 3 is 2.81 bits per heavy atom. The molecule has 84 valence electrons. The quantitative estimate of drug-likeness (QED) is 0.858. The van der Waals surface area contributed by atoms with Gasteiger partial charge in [0.25, 0.3) is 0 Å². The molecule has 1 aromatic carbocycles. The Labute approximate surface area is 92.8 Å². The normalized spacial score (nSPS) is 10.4. The number of fused-ring (bicyclic) bond motifs is 1. The van der Waals surface area contributed by atoms with Crippen LogP contribution >= 0.6 is 0 Å². The number of aromatic amines is 1. The number of pyridine rings is 1. The smallest absolute Gasteiger partial charge is 0.189 e. The summed E-state index contributed by atoms with van der Waals surface area (Å²) in [7, 11) is 1.57. The monoisotopic (exact) mass is 219 g/mol. The summed E-state index contributed by atoms with van der Waals surface area (Å²) in [6, 6.07) is 4.96. The number of hydrogen-bond acceptors (Lipinski definition) is 3. The molecule has 0 fully saturated rings. The zero-order valence-corrected chi connectivity index (χ0v) is 9.24. The van der Waals surface area contributed by atoms with Crippen molar-refractivity contribution in [2.45, 2.75) is 6.92 Å². The number of aromatic nitrogens is 1. The molecular formula is C12H13NO3. The first-order chi connectivity index (χ1) is 7.76. The van der Waals surface area contributed by atoms with Gasteiger partial charge in [-0.2, -0.15) is 0 Å². The van der Waals surface area contributed by atoms with Crippen LogP contribution in [0.1, 0.15) is 6.92 Å². The van der Waals surface area contributed by atoms with Gasteiger partial charge in [-0.1, -0.05) is 0 Å². The summed E-state index contributed by atoms with van der Waals surface area (Å²) in [6.45, 7) is 2.42. The largest absolute Gasteiger partial charge is 0.493 e. The van der Waals surface area contributed by atoms with Gasteiger partial charge in [0, 0.05) is 23.7 Å². The molecule has 4 heteroatoms. The van der Waals surface area contributed by atoms with Crippen LogP contribution in [0.25, 0.3) is 10.9 Å². The number of methoxy groups -OCH3 is 1. The van der Waals surface area contributed by atoms with Crippen LogP contribution in [0.3, 0.4) is 0 Å². The van der Waals surface area contributed by atoms with E-state index in [2.05, 4.69) is 4.98 Å². The van der Waals surface area contributed by atoms with Crippen LogP contribution in [-0.4, -0.2) is 18.7 Å². The van der Waals surface area contributed by atoms with Gasteiger partial charge in [0.05, 0.1) is 19.2 Å². The van der Waals surface area contributed by atoms with E-state index in [1.165, 1.54) is 6.07 Å². The van der Waals surface area contributed by atoms with Crippen LogP contribution < -0.4 is 14.9 Å². The van der Waals surface area contributed by atoms with Crippen molar-refractivity contribution in [1.29, 1.82) is 0 Å². The topological polar surface area (TPSA) is 51.3 Å². The Bertz CT molecular complexity index is 560. The molecule has 4 nitrogen and oxygen atoms in total. The third kappa shape index (κ3) is 1.74. The SMILES string of the molecule is CCOc1cc2c(=O)cc[nH]c2cc1OC. The molecular weight excluding hydrogens is 206 g/mol. The maximum Gasteiger partial charge on any atom is 0.189 e. The third-order valence-corrected chi connectivity index (χ3v) is 2.34. The Morgan fingerprint density at radius 2 is 2.12 bits per heavy atom. The van der Waals surface area contributed by atoms with E-state index in [0.29, 0.717) is 23.5 Å². The zero-order chi connectivity index (χ0) is 11.5. The average Bonchev–Trinajstić information content (AvgIpc) is 2.30. The maximum absolute atomic E-state index is 11.6. The van der Waals surface area contributed by atoms with Crippen molar-refractivity contribution in [3.63, 3.8) is 0 Å². The summed E-state index contributed by atoms with van der Waals surface area (Å²) in [5.74, 6) is 1.21. The van der Waals surface area contributed by atoms with E-state index >= 15 is 0 Å². The van der Waals surface area contributed by atoms with E-state index < -0.39 is 0 Å². The van der Waals surface area contributed by atoms with Crippen molar-refractivity contribution < 1.29 is 9.47 Å². The Balaban J connectivity index is 2.70. The van der Waals surface area contributed by atoms with Gasteiger partial charge in [0.1, 0.15) is 0 Å². The summed E-state index contributed by atoms with van der Waals surface area (Å²) in [5.41, 5.74) is 0.713. The minimum atomic E-state index is -0.0302. The van der Waals surface area contributed by atoms with E-state index in [9.17, 15) is 4.79 Å². The average molecular weight is 219 g/mol. The molecule has 1 aromatic heterocycles. The molecule has 0 saturated carbocycles. The van der Waals surface area contributed by atoms with E-state index in [4.69, 9.17) is 9.47 Å². The molecule has 2 aromatic rings. The molecule has 0 radical (unpaired) electrons. The number of benzene rings is 1. The first-order valence-electron chi connectivity index (χ1n) is 5.08. The van der Waals surface area contributed by atoms with Crippen LogP contribution in [0.4, 0.5) is 0 Å². The van der Waals surface area contributed by atoms with Crippen molar-refractivity contribution in [2.24, 2.45) is 0 Å². The number of rotatable bonds is 3. The molecule has 0 aliphatic heterocycles. The molecule has 0 atom stereocenters. The predicted octanol–water partition coefficient (Wildman–Crippen LogP) is 1.94. The molecule has 2 rings (SSSR count). The van der Waals surface area contributed by atoms with Gasteiger partial charge in [-0.3, -0.25) is 4.79 Å². The Kier molecular flexibility index (Phi) is 2.81. The molecule has 1 heterocycles. The molecule has 16 heavy (non-hydrogen) atoms. The lowest BCUT2D eigenvalue weighted by molar-refractivity contribution is 0.311. The lowest BCUT2D eigenvalue weighted by atomic mass is 10.2.